The molecule has 0 saturated heterocycles. The zero-order chi connectivity index (χ0) is 18.8. The van der Waals surface area contributed by atoms with Crippen molar-refractivity contribution in [3.63, 3.8) is 0 Å². The van der Waals surface area contributed by atoms with Crippen LogP contribution in [-0.4, -0.2) is 45.1 Å². The standard InChI is InChI=1S/C16H28O8/c1-14(2,3)22-21-11-9-10(12(17)18)7-8-16(11,13(19)20)24-23-15(4,5)6/h10-11H,7-9H2,1-6H3,(H,17,18)(H,19,20). The summed E-state index contributed by atoms with van der Waals surface area (Å²) in [6, 6.07) is 0. The van der Waals surface area contributed by atoms with Gasteiger partial charge in [0.05, 0.1) is 17.1 Å². The second-order valence-electron chi connectivity index (χ2n) is 8.06. The van der Waals surface area contributed by atoms with E-state index < -0.39 is 40.8 Å². The average molecular weight is 348 g/mol. The molecule has 8 heteroatoms. The van der Waals surface area contributed by atoms with Crippen LogP contribution in [0.25, 0.3) is 0 Å². The highest BCUT2D eigenvalue weighted by Gasteiger charge is 2.56. The summed E-state index contributed by atoms with van der Waals surface area (Å²) in [4.78, 5) is 44.3. The fraction of sp³-hybridized carbons (Fsp3) is 0.875. The van der Waals surface area contributed by atoms with Crippen molar-refractivity contribution in [2.75, 3.05) is 0 Å². The summed E-state index contributed by atoms with van der Waals surface area (Å²) < 4.78 is 0. The monoisotopic (exact) mass is 348 g/mol. The zero-order valence-electron chi connectivity index (χ0n) is 15.1. The van der Waals surface area contributed by atoms with Crippen molar-refractivity contribution in [3.8, 4) is 0 Å². The summed E-state index contributed by atoms with van der Waals surface area (Å²) in [5.74, 6) is -3.02. The van der Waals surface area contributed by atoms with Gasteiger partial charge in [-0.1, -0.05) is 0 Å². The summed E-state index contributed by atoms with van der Waals surface area (Å²) in [5.41, 5.74) is -3.25. The van der Waals surface area contributed by atoms with Crippen molar-refractivity contribution in [1.29, 1.82) is 0 Å². The van der Waals surface area contributed by atoms with Crippen LogP contribution in [0.15, 0.2) is 0 Å². The van der Waals surface area contributed by atoms with Crippen LogP contribution in [-0.2, 0) is 29.1 Å². The van der Waals surface area contributed by atoms with E-state index in [2.05, 4.69) is 0 Å². The molecule has 0 aromatic carbocycles. The molecule has 0 aromatic rings. The zero-order valence-corrected chi connectivity index (χ0v) is 15.1. The van der Waals surface area contributed by atoms with E-state index in [9.17, 15) is 19.8 Å². The van der Waals surface area contributed by atoms with Gasteiger partial charge in [0.15, 0.2) is 0 Å². The molecule has 0 spiro atoms. The number of carboxylic acid groups (broad SMARTS) is 2. The number of aliphatic carboxylic acids is 2. The Bertz CT molecular complexity index is 462. The Morgan fingerprint density at radius 3 is 1.96 bits per heavy atom. The predicted octanol–water partition coefficient (Wildman–Crippen LogP) is 2.56. The molecular formula is C16H28O8. The van der Waals surface area contributed by atoms with Gasteiger partial charge in [-0.25, -0.2) is 24.3 Å². The van der Waals surface area contributed by atoms with Gasteiger partial charge in [0.2, 0.25) is 5.60 Å². The van der Waals surface area contributed by atoms with Crippen LogP contribution in [0.2, 0.25) is 0 Å². The first-order valence-corrected chi connectivity index (χ1v) is 7.94. The smallest absolute Gasteiger partial charge is 0.342 e. The molecule has 1 aliphatic carbocycles. The van der Waals surface area contributed by atoms with Gasteiger partial charge in [0.1, 0.15) is 6.10 Å². The molecule has 0 heterocycles. The van der Waals surface area contributed by atoms with Crippen LogP contribution in [0.1, 0.15) is 60.8 Å². The van der Waals surface area contributed by atoms with Gasteiger partial charge in [-0.2, -0.15) is 0 Å². The van der Waals surface area contributed by atoms with Crippen molar-refractivity contribution in [2.45, 2.75) is 83.7 Å². The Morgan fingerprint density at radius 1 is 1.00 bits per heavy atom. The maximum absolute atomic E-state index is 11.9. The molecule has 0 aromatic heterocycles. The Balaban J connectivity index is 3.05. The normalized spacial score (nSPS) is 28.6. The lowest BCUT2D eigenvalue weighted by atomic mass is 9.76. The quantitative estimate of drug-likeness (QED) is 0.556. The molecule has 3 unspecified atom stereocenters. The lowest BCUT2D eigenvalue weighted by molar-refractivity contribution is -0.455. The van der Waals surface area contributed by atoms with E-state index in [0.29, 0.717) is 0 Å². The molecule has 3 atom stereocenters. The minimum atomic E-state index is -1.83. The maximum atomic E-state index is 11.9. The third kappa shape index (κ3) is 5.70. The van der Waals surface area contributed by atoms with Crippen LogP contribution in [0.4, 0.5) is 0 Å². The third-order valence-corrected chi connectivity index (χ3v) is 3.45. The molecular weight excluding hydrogens is 320 g/mol. The van der Waals surface area contributed by atoms with E-state index in [4.69, 9.17) is 19.6 Å². The first-order chi connectivity index (χ1) is 10.8. The molecule has 0 bridgehead atoms. The predicted molar refractivity (Wildman–Crippen MR) is 83.0 cm³/mol. The average Bonchev–Trinajstić information content (AvgIpc) is 2.41. The summed E-state index contributed by atoms with van der Waals surface area (Å²) in [6.07, 6.45) is -1.09. The summed E-state index contributed by atoms with van der Waals surface area (Å²) in [5, 5.41) is 19.0. The minimum absolute atomic E-state index is 0.0504. The second-order valence-corrected chi connectivity index (χ2v) is 8.06. The van der Waals surface area contributed by atoms with Crippen LogP contribution in [0.3, 0.4) is 0 Å². The summed E-state index contributed by atoms with van der Waals surface area (Å²) in [6.45, 7) is 10.4. The van der Waals surface area contributed by atoms with E-state index >= 15 is 0 Å². The van der Waals surface area contributed by atoms with Crippen molar-refractivity contribution < 1.29 is 39.4 Å². The van der Waals surface area contributed by atoms with Crippen molar-refractivity contribution in [3.05, 3.63) is 0 Å². The Morgan fingerprint density at radius 2 is 1.54 bits per heavy atom. The van der Waals surface area contributed by atoms with Gasteiger partial charge in [-0.3, -0.25) is 4.79 Å². The van der Waals surface area contributed by atoms with Gasteiger partial charge in [-0.05, 0) is 60.8 Å². The maximum Gasteiger partial charge on any atom is 0.342 e. The van der Waals surface area contributed by atoms with E-state index in [1.54, 1.807) is 41.5 Å². The Kier molecular flexibility index (Phi) is 6.37. The SMILES string of the molecule is CC(C)(C)OOC1CC(C(=O)O)CCC1(OOC(C)(C)C)C(=O)O. The van der Waals surface area contributed by atoms with E-state index in [1.165, 1.54) is 0 Å². The minimum Gasteiger partial charge on any atom is -0.481 e. The highest BCUT2D eigenvalue weighted by atomic mass is 17.2. The molecule has 1 rings (SSSR count). The first kappa shape index (κ1) is 20.8. The van der Waals surface area contributed by atoms with Crippen molar-refractivity contribution in [2.24, 2.45) is 5.92 Å². The van der Waals surface area contributed by atoms with E-state index in [0.717, 1.165) is 0 Å². The molecule has 0 aliphatic heterocycles. The Labute approximate surface area is 141 Å². The Hall–Kier alpha value is -1.22. The van der Waals surface area contributed by atoms with Gasteiger partial charge >= 0.3 is 11.9 Å². The number of hydrogen-bond acceptors (Lipinski definition) is 6. The molecule has 24 heavy (non-hydrogen) atoms. The lowest BCUT2D eigenvalue weighted by Crippen LogP contribution is -2.58. The van der Waals surface area contributed by atoms with Crippen LogP contribution < -0.4 is 0 Å². The number of carbonyl (C=O) groups is 2. The summed E-state index contributed by atoms with van der Waals surface area (Å²) in [7, 11) is 0. The van der Waals surface area contributed by atoms with Crippen LogP contribution in [0, 0.1) is 5.92 Å². The first-order valence-electron chi connectivity index (χ1n) is 7.94. The second kappa shape index (κ2) is 7.35. The number of carboxylic acids is 2. The molecule has 1 aliphatic rings. The van der Waals surface area contributed by atoms with Gasteiger partial charge < -0.3 is 10.2 Å². The van der Waals surface area contributed by atoms with Crippen molar-refractivity contribution in [1.82, 2.24) is 0 Å². The van der Waals surface area contributed by atoms with Gasteiger partial charge in [0, 0.05) is 0 Å². The molecule has 1 saturated carbocycles. The van der Waals surface area contributed by atoms with Crippen LogP contribution >= 0.6 is 0 Å². The topological polar surface area (TPSA) is 112 Å². The molecule has 0 radical (unpaired) electrons. The molecule has 1 fully saturated rings. The largest absolute Gasteiger partial charge is 0.481 e. The summed E-state index contributed by atoms with van der Waals surface area (Å²) >= 11 is 0. The molecule has 8 nitrogen and oxygen atoms in total. The highest BCUT2D eigenvalue weighted by Crippen LogP contribution is 2.39. The lowest BCUT2D eigenvalue weighted by Gasteiger charge is -2.41. The number of hydrogen-bond donors (Lipinski definition) is 2. The van der Waals surface area contributed by atoms with Crippen LogP contribution in [0.5, 0.6) is 0 Å². The van der Waals surface area contributed by atoms with Crippen molar-refractivity contribution >= 4 is 11.9 Å². The fourth-order valence-corrected chi connectivity index (χ4v) is 2.23. The van der Waals surface area contributed by atoms with Gasteiger partial charge in [0.25, 0.3) is 0 Å². The van der Waals surface area contributed by atoms with E-state index in [-0.39, 0.29) is 19.3 Å². The van der Waals surface area contributed by atoms with Gasteiger partial charge in [-0.15, -0.1) is 0 Å². The number of rotatable bonds is 6. The molecule has 2 N–H and O–H groups in total. The molecule has 140 valence electrons. The highest BCUT2D eigenvalue weighted by molar-refractivity contribution is 5.79. The third-order valence-electron chi connectivity index (χ3n) is 3.45. The molecule has 0 amide bonds. The van der Waals surface area contributed by atoms with E-state index in [1.807, 2.05) is 0 Å². The fourth-order valence-electron chi connectivity index (χ4n) is 2.23.